The monoisotopic (exact) mass is 331 g/mol. The van der Waals surface area contributed by atoms with Gasteiger partial charge in [0.05, 0.1) is 6.54 Å². The van der Waals surface area contributed by atoms with Crippen LogP contribution in [0.4, 0.5) is 5.69 Å². The van der Waals surface area contributed by atoms with Crippen molar-refractivity contribution in [2.45, 2.75) is 37.8 Å². The summed E-state index contributed by atoms with van der Waals surface area (Å²) >= 11 is 0. The number of rotatable bonds is 5. The number of hydrogen-bond acceptors (Lipinski definition) is 4. The number of nitrogens with one attached hydrogen (secondary N) is 2. The van der Waals surface area contributed by atoms with Gasteiger partial charge in [-0.2, -0.15) is 0 Å². The molecule has 3 rings (SSSR count). The molecule has 2 fully saturated rings. The quantitative estimate of drug-likeness (QED) is 0.855. The first-order valence-electron chi connectivity index (χ1n) is 8.70. The zero-order chi connectivity index (χ0) is 16.8. The van der Waals surface area contributed by atoms with E-state index in [1.165, 1.54) is 0 Å². The van der Waals surface area contributed by atoms with Gasteiger partial charge >= 0.3 is 0 Å². The minimum atomic E-state index is -0.264. The number of carbonyl (C=O) groups is 2. The number of ether oxygens (including phenoxy) is 1. The molecule has 2 aliphatic heterocycles. The Balaban J connectivity index is 1.37. The lowest BCUT2D eigenvalue weighted by Crippen LogP contribution is -2.48. The number of anilines is 1. The second-order valence-corrected chi connectivity index (χ2v) is 6.47. The summed E-state index contributed by atoms with van der Waals surface area (Å²) in [7, 11) is 0. The average Bonchev–Trinajstić information content (AvgIpc) is 3.12. The van der Waals surface area contributed by atoms with Crippen molar-refractivity contribution in [3.8, 4) is 0 Å². The Morgan fingerprint density at radius 1 is 1.12 bits per heavy atom. The van der Waals surface area contributed by atoms with Crippen molar-refractivity contribution in [3.05, 3.63) is 30.3 Å². The molecule has 2 heterocycles. The molecule has 0 radical (unpaired) electrons. The van der Waals surface area contributed by atoms with Gasteiger partial charge in [0.15, 0.2) is 0 Å². The van der Waals surface area contributed by atoms with Crippen LogP contribution >= 0.6 is 0 Å². The predicted octanol–water partition coefficient (Wildman–Crippen LogP) is 1.38. The molecule has 6 nitrogen and oxygen atoms in total. The predicted molar refractivity (Wildman–Crippen MR) is 91.7 cm³/mol. The Labute approximate surface area is 142 Å². The van der Waals surface area contributed by atoms with Crippen molar-refractivity contribution in [2.75, 3.05) is 31.6 Å². The van der Waals surface area contributed by atoms with Crippen molar-refractivity contribution in [3.63, 3.8) is 0 Å². The van der Waals surface area contributed by atoms with E-state index in [9.17, 15) is 9.59 Å². The van der Waals surface area contributed by atoms with Crippen LogP contribution in [0.5, 0.6) is 0 Å². The fourth-order valence-corrected chi connectivity index (χ4v) is 3.24. The lowest BCUT2D eigenvalue weighted by atomic mass is 10.0. The van der Waals surface area contributed by atoms with Gasteiger partial charge in [-0.05, 0) is 37.8 Å². The van der Waals surface area contributed by atoms with Crippen LogP contribution in [0.25, 0.3) is 0 Å². The van der Waals surface area contributed by atoms with Gasteiger partial charge in [0.2, 0.25) is 11.8 Å². The molecule has 0 spiro atoms. The molecule has 1 atom stereocenters. The number of benzene rings is 1. The molecule has 2 aliphatic rings. The number of piperidine rings is 1. The molecule has 2 N–H and O–H groups in total. The van der Waals surface area contributed by atoms with Crippen LogP contribution in [0.3, 0.4) is 0 Å². The van der Waals surface area contributed by atoms with E-state index in [1.807, 2.05) is 30.3 Å². The molecule has 0 saturated carbocycles. The van der Waals surface area contributed by atoms with Crippen LogP contribution in [-0.4, -0.2) is 55.1 Å². The molecule has 1 aromatic carbocycles. The Bertz CT molecular complexity index is 550. The van der Waals surface area contributed by atoms with E-state index in [4.69, 9.17) is 4.74 Å². The van der Waals surface area contributed by atoms with Crippen molar-refractivity contribution in [1.29, 1.82) is 0 Å². The van der Waals surface area contributed by atoms with Gasteiger partial charge in [-0.1, -0.05) is 18.2 Å². The second kappa shape index (κ2) is 8.26. The third-order valence-corrected chi connectivity index (χ3v) is 4.58. The van der Waals surface area contributed by atoms with Gasteiger partial charge in [-0.3, -0.25) is 14.5 Å². The molecule has 0 aliphatic carbocycles. The summed E-state index contributed by atoms with van der Waals surface area (Å²) in [5, 5.41) is 5.99. The average molecular weight is 331 g/mol. The summed E-state index contributed by atoms with van der Waals surface area (Å²) in [6.45, 7) is 2.71. The first-order chi connectivity index (χ1) is 11.7. The van der Waals surface area contributed by atoms with E-state index >= 15 is 0 Å². The first kappa shape index (κ1) is 16.9. The van der Waals surface area contributed by atoms with Crippen molar-refractivity contribution >= 4 is 17.5 Å². The van der Waals surface area contributed by atoms with E-state index in [2.05, 4.69) is 15.5 Å². The number of likely N-dealkylation sites (tertiary alicyclic amines) is 1. The molecule has 24 heavy (non-hydrogen) atoms. The molecular weight excluding hydrogens is 306 g/mol. The maximum absolute atomic E-state index is 12.1. The normalized spacial score (nSPS) is 22.2. The largest absolute Gasteiger partial charge is 0.368 e. The van der Waals surface area contributed by atoms with Crippen LogP contribution in [0.15, 0.2) is 30.3 Å². The fraction of sp³-hybridized carbons (Fsp3) is 0.556. The zero-order valence-electron chi connectivity index (χ0n) is 13.9. The van der Waals surface area contributed by atoms with Crippen LogP contribution in [0.2, 0.25) is 0 Å². The Morgan fingerprint density at radius 2 is 1.88 bits per heavy atom. The van der Waals surface area contributed by atoms with Gasteiger partial charge in [0.25, 0.3) is 0 Å². The van der Waals surface area contributed by atoms with E-state index in [1.54, 1.807) is 0 Å². The molecule has 1 aromatic rings. The van der Waals surface area contributed by atoms with Gasteiger partial charge in [0, 0.05) is 31.4 Å². The molecular formula is C18H25N3O3. The summed E-state index contributed by atoms with van der Waals surface area (Å²) in [5.74, 6) is 0.0239. The van der Waals surface area contributed by atoms with E-state index in [-0.39, 0.29) is 24.0 Å². The molecule has 2 amide bonds. The molecule has 130 valence electrons. The lowest BCUT2D eigenvalue weighted by Gasteiger charge is -2.32. The van der Waals surface area contributed by atoms with Crippen molar-refractivity contribution in [2.24, 2.45) is 0 Å². The number of para-hydroxylation sites is 1. The third kappa shape index (κ3) is 4.79. The summed E-state index contributed by atoms with van der Waals surface area (Å²) in [6, 6.07) is 9.67. The van der Waals surface area contributed by atoms with E-state index < -0.39 is 0 Å². The van der Waals surface area contributed by atoms with Crippen molar-refractivity contribution in [1.82, 2.24) is 10.2 Å². The Kier molecular flexibility index (Phi) is 5.82. The summed E-state index contributed by atoms with van der Waals surface area (Å²) in [4.78, 5) is 26.3. The van der Waals surface area contributed by atoms with Crippen molar-refractivity contribution < 1.29 is 14.3 Å². The highest BCUT2D eigenvalue weighted by molar-refractivity contribution is 5.92. The van der Waals surface area contributed by atoms with Gasteiger partial charge in [0.1, 0.15) is 6.10 Å². The smallest absolute Gasteiger partial charge is 0.249 e. The highest BCUT2D eigenvalue weighted by Crippen LogP contribution is 2.15. The van der Waals surface area contributed by atoms with E-state index in [0.717, 1.165) is 44.5 Å². The Hall–Kier alpha value is -1.92. The minimum Gasteiger partial charge on any atom is -0.368 e. The maximum atomic E-state index is 12.1. The van der Waals surface area contributed by atoms with Crippen LogP contribution < -0.4 is 10.6 Å². The van der Waals surface area contributed by atoms with Crippen LogP contribution in [0.1, 0.15) is 25.7 Å². The molecule has 2 saturated heterocycles. The fourth-order valence-electron chi connectivity index (χ4n) is 3.24. The minimum absolute atomic E-state index is 0.00282. The maximum Gasteiger partial charge on any atom is 0.249 e. The Morgan fingerprint density at radius 3 is 2.54 bits per heavy atom. The number of carbonyl (C=O) groups excluding carboxylic acids is 2. The molecule has 0 bridgehead atoms. The third-order valence-electron chi connectivity index (χ3n) is 4.58. The highest BCUT2D eigenvalue weighted by atomic mass is 16.5. The number of amides is 2. The van der Waals surface area contributed by atoms with Gasteiger partial charge in [-0.15, -0.1) is 0 Å². The SMILES string of the molecule is O=C(CN1CCC(NC(=O)C2CCCO2)CC1)Nc1ccccc1. The zero-order valence-corrected chi connectivity index (χ0v) is 13.9. The summed E-state index contributed by atoms with van der Waals surface area (Å²) in [6.07, 6.45) is 3.27. The molecule has 1 unspecified atom stereocenters. The second-order valence-electron chi connectivity index (χ2n) is 6.47. The topological polar surface area (TPSA) is 70.7 Å². The molecule has 0 aromatic heterocycles. The first-order valence-corrected chi connectivity index (χ1v) is 8.70. The number of hydrogen-bond donors (Lipinski definition) is 2. The molecule has 6 heteroatoms. The van der Waals surface area contributed by atoms with Crippen LogP contribution in [-0.2, 0) is 14.3 Å². The van der Waals surface area contributed by atoms with E-state index in [0.29, 0.717) is 13.2 Å². The number of nitrogens with zero attached hydrogens (tertiary/aromatic N) is 1. The van der Waals surface area contributed by atoms with Gasteiger partial charge < -0.3 is 15.4 Å². The summed E-state index contributed by atoms with van der Waals surface area (Å²) < 4.78 is 5.41. The summed E-state index contributed by atoms with van der Waals surface area (Å²) in [5.41, 5.74) is 0.821. The van der Waals surface area contributed by atoms with Gasteiger partial charge in [-0.25, -0.2) is 0 Å². The highest BCUT2D eigenvalue weighted by Gasteiger charge is 2.27. The lowest BCUT2D eigenvalue weighted by molar-refractivity contribution is -0.131. The van der Waals surface area contributed by atoms with Crippen LogP contribution in [0, 0.1) is 0 Å². The standard InChI is InChI=1S/C18H25N3O3/c22-17(19-14-5-2-1-3-6-14)13-21-10-8-15(9-11-21)20-18(23)16-7-4-12-24-16/h1-3,5-6,15-16H,4,7-13H2,(H,19,22)(H,20,23).